The Balaban J connectivity index is 5.00. The van der Waals surface area contributed by atoms with Crippen LogP contribution in [-0.4, -0.2) is 84.9 Å². The highest BCUT2D eigenvalue weighted by atomic mass is 16.6. The first-order valence-corrected chi connectivity index (χ1v) is 9.42. The van der Waals surface area contributed by atoms with Gasteiger partial charge in [0.05, 0.1) is 7.11 Å². The molecule has 0 bridgehead atoms. The Bertz CT molecular complexity index is 573. The molecule has 0 fully saturated rings. The van der Waals surface area contributed by atoms with E-state index in [1.54, 1.807) is 39.6 Å². The number of carbonyl (C=O) groups excluding carboxylic acids is 3. The van der Waals surface area contributed by atoms with Crippen molar-refractivity contribution in [1.82, 2.24) is 10.2 Å². The Labute approximate surface area is 171 Å². The van der Waals surface area contributed by atoms with E-state index in [0.717, 1.165) is 0 Å². The third-order valence-corrected chi connectivity index (χ3v) is 4.05. The van der Waals surface area contributed by atoms with E-state index in [1.807, 2.05) is 0 Å². The fourth-order valence-corrected chi connectivity index (χ4v) is 2.34. The van der Waals surface area contributed by atoms with E-state index < -0.39 is 47.7 Å². The summed E-state index contributed by atoms with van der Waals surface area (Å²) in [5.41, 5.74) is -0.691. The van der Waals surface area contributed by atoms with Gasteiger partial charge >= 0.3 is 23.9 Å². The highest BCUT2D eigenvalue weighted by molar-refractivity contribution is 5.78. The van der Waals surface area contributed by atoms with Crippen LogP contribution in [0.15, 0.2) is 0 Å². The second-order valence-electron chi connectivity index (χ2n) is 7.73. The molecule has 0 aliphatic rings. The highest BCUT2D eigenvalue weighted by Crippen LogP contribution is 2.11. The van der Waals surface area contributed by atoms with Crippen molar-refractivity contribution in [2.75, 3.05) is 27.2 Å². The van der Waals surface area contributed by atoms with Gasteiger partial charge in [-0.05, 0) is 41.2 Å². The molecule has 0 aliphatic heterocycles. The lowest BCUT2D eigenvalue weighted by Gasteiger charge is -2.27. The van der Waals surface area contributed by atoms with Gasteiger partial charge in [0, 0.05) is 26.4 Å². The van der Waals surface area contributed by atoms with Gasteiger partial charge in [-0.15, -0.1) is 0 Å². The molecule has 0 aliphatic carbocycles. The van der Waals surface area contributed by atoms with Crippen molar-refractivity contribution in [1.29, 1.82) is 0 Å². The minimum Gasteiger partial charge on any atom is -0.480 e. The van der Waals surface area contributed by atoms with E-state index in [0.29, 0.717) is 13.0 Å². The standard InChI is InChI=1S/C19H34N2O8/c1-12(16(23)24)21(6)11-9-14(17(25)29-19(3,4)5)20-10-8-15(18(26)27-7)28-13(2)22/h12,14-15,20H,8-11H2,1-7H3,(H,23,24). The third-order valence-electron chi connectivity index (χ3n) is 4.05. The Kier molecular flexibility index (Phi) is 11.4. The maximum absolute atomic E-state index is 12.5. The number of likely N-dealkylation sites (N-methyl/N-ethyl adjacent to an activating group) is 1. The first-order chi connectivity index (χ1) is 13.3. The fraction of sp³-hybridized carbons (Fsp3) is 0.789. The molecule has 10 nitrogen and oxygen atoms in total. The van der Waals surface area contributed by atoms with E-state index in [4.69, 9.17) is 14.6 Å². The number of hydrogen-bond acceptors (Lipinski definition) is 9. The summed E-state index contributed by atoms with van der Waals surface area (Å²) in [5, 5.41) is 12.1. The minimum atomic E-state index is -1.08. The Morgan fingerprint density at radius 2 is 1.69 bits per heavy atom. The van der Waals surface area contributed by atoms with E-state index in [1.165, 1.54) is 14.0 Å². The summed E-state index contributed by atoms with van der Waals surface area (Å²) in [6, 6.07) is -1.43. The number of ether oxygens (including phenoxy) is 3. The van der Waals surface area contributed by atoms with Crippen molar-refractivity contribution in [2.24, 2.45) is 0 Å². The number of carboxylic acids is 1. The van der Waals surface area contributed by atoms with Crippen molar-refractivity contribution < 1.29 is 38.5 Å². The second-order valence-corrected chi connectivity index (χ2v) is 7.73. The molecule has 10 heteroatoms. The summed E-state index contributed by atoms with van der Waals surface area (Å²) < 4.78 is 15.0. The number of methoxy groups -OCH3 is 1. The average molecular weight is 418 g/mol. The van der Waals surface area contributed by atoms with E-state index in [2.05, 4.69) is 10.1 Å². The Hall–Kier alpha value is -2.20. The smallest absolute Gasteiger partial charge is 0.347 e. The number of nitrogens with zero attached hydrogens (tertiary/aromatic N) is 1. The van der Waals surface area contributed by atoms with Crippen molar-refractivity contribution in [3.63, 3.8) is 0 Å². The number of carbonyl (C=O) groups is 4. The third kappa shape index (κ3) is 11.4. The Morgan fingerprint density at radius 1 is 1.10 bits per heavy atom. The van der Waals surface area contributed by atoms with Crippen LogP contribution in [0.4, 0.5) is 0 Å². The van der Waals surface area contributed by atoms with Crippen molar-refractivity contribution in [2.45, 2.75) is 71.2 Å². The van der Waals surface area contributed by atoms with Crippen LogP contribution in [0.25, 0.3) is 0 Å². The molecule has 0 amide bonds. The van der Waals surface area contributed by atoms with Gasteiger partial charge in [0.1, 0.15) is 17.7 Å². The lowest BCUT2D eigenvalue weighted by molar-refractivity contribution is -0.165. The monoisotopic (exact) mass is 418 g/mol. The molecule has 29 heavy (non-hydrogen) atoms. The number of aliphatic carboxylic acids is 1. The first kappa shape index (κ1) is 26.8. The van der Waals surface area contributed by atoms with Crippen LogP contribution in [0.5, 0.6) is 0 Å². The summed E-state index contributed by atoms with van der Waals surface area (Å²) in [6.07, 6.45) is -0.689. The summed E-state index contributed by atoms with van der Waals surface area (Å²) in [6.45, 7) is 8.48. The zero-order valence-electron chi connectivity index (χ0n) is 18.3. The van der Waals surface area contributed by atoms with Crippen LogP contribution >= 0.6 is 0 Å². The molecule has 168 valence electrons. The maximum atomic E-state index is 12.5. The van der Waals surface area contributed by atoms with Crippen LogP contribution in [0.1, 0.15) is 47.5 Å². The maximum Gasteiger partial charge on any atom is 0.347 e. The SMILES string of the molecule is COC(=O)C(CCNC(CCN(C)C(C)C(=O)O)C(=O)OC(C)(C)C)OC(C)=O. The van der Waals surface area contributed by atoms with E-state index in [9.17, 15) is 19.2 Å². The van der Waals surface area contributed by atoms with Crippen molar-refractivity contribution >= 4 is 23.9 Å². The minimum absolute atomic E-state index is 0.104. The van der Waals surface area contributed by atoms with Gasteiger partial charge in [-0.25, -0.2) is 4.79 Å². The molecule has 0 rings (SSSR count). The molecule has 0 aromatic carbocycles. The molecule has 0 saturated heterocycles. The van der Waals surface area contributed by atoms with Crippen LogP contribution < -0.4 is 5.32 Å². The molecule has 0 spiro atoms. The quantitative estimate of drug-likeness (QED) is 0.342. The Morgan fingerprint density at radius 3 is 2.14 bits per heavy atom. The van der Waals surface area contributed by atoms with Gasteiger partial charge < -0.3 is 24.6 Å². The highest BCUT2D eigenvalue weighted by Gasteiger charge is 2.28. The van der Waals surface area contributed by atoms with Crippen LogP contribution in [-0.2, 0) is 33.4 Å². The molecule has 2 N–H and O–H groups in total. The molecule has 0 aromatic heterocycles. The first-order valence-electron chi connectivity index (χ1n) is 9.42. The predicted molar refractivity (Wildman–Crippen MR) is 104 cm³/mol. The topological polar surface area (TPSA) is 131 Å². The van der Waals surface area contributed by atoms with Gasteiger partial charge in [-0.2, -0.15) is 0 Å². The fourth-order valence-electron chi connectivity index (χ4n) is 2.34. The van der Waals surface area contributed by atoms with Gasteiger partial charge in [0.2, 0.25) is 0 Å². The van der Waals surface area contributed by atoms with Crippen molar-refractivity contribution in [3.05, 3.63) is 0 Å². The van der Waals surface area contributed by atoms with Gasteiger partial charge in [-0.3, -0.25) is 19.3 Å². The molecule has 3 atom stereocenters. The molecule has 0 radical (unpaired) electrons. The zero-order valence-corrected chi connectivity index (χ0v) is 18.3. The number of nitrogens with one attached hydrogen (secondary N) is 1. The van der Waals surface area contributed by atoms with Gasteiger partial charge in [0.15, 0.2) is 6.10 Å². The van der Waals surface area contributed by atoms with E-state index in [-0.39, 0.29) is 13.0 Å². The molecule has 3 unspecified atom stereocenters. The van der Waals surface area contributed by atoms with Crippen LogP contribution in [0, 0.1) is 0 Å². The molecule has 0 saturated carbocycles. The summed E-state index contributed by atoms with van der Waals surface area (Å²) >= 11 is 0. The average Bonchev–Trinajstić information content (AvgIpc) is 2.59. The number of carboxylic acid groups (broad SMARTS) is 1. The summed E-state index contributed by atoms with van der Waals surface area (Å²) in [5.74, 6) is -2.76. The summed E-state index contributed by atoms with van der Waals surface area (Å²) in [4.78, 5) is 48.1. The number of hydrogen-bond donors (Lipinski definition) is 2. The number of rotatable bonds is 12. The van der Waals surface area contributed by atoms with Crippen LogP contribution in [0.2, 0.25) is 0 Å². The zero-order chi connectivity index (χ0) is 22.8. The lowest BCUT2D eigenvalue weighted by Crippen LogP contribution is -2.46. The van der Waals surface area contributed by atoms with Gasteiger partial charge in [-0.1, -0.05) is 0 Å². The number of esters is 3. The van der Waals surface area contributed by atoms with Crippen LogP contribution in [0.3, 0.4) is 0 Å². The summed E-state index contributed by atoms with van der Waals surface area (Å²) in [7, 11) is 2.84. The molecular formula is C19H34N2O8. The molecule has 0 heterocycles. The second kappa shape index (κ2) is 12.4. The normalized spacial score (nSPS) is 14.6. The molecule has 0 aromatic rings. The molecular weight excluding hydrogens is 384 g/mol. The lowest BCUT2D eigenvalue weighted by atomic mass is 10.1. The van der Waals surface area contributed by atoms with E-state index >= 15 is 0 Å². The van der Waals surface area contributed by atoms with Gasteiger partial charge in [0.25, 0.3) is 0 Å². The predicted octanol–water partition coefficient (Wildman–Crippen LogP) is 0.576. The largest absolute Gasteiger partial charge is 0.480 e. The van der Waals surface area contributed by atoms with Crippen molar-refractivity contribution in [3.8, 4) is 0 Å².